The molecule has 0 atom stereocenters. The summed E-state index contributed by atoms with van der Waals surface area (Å²) in [4.78, 5) is 3.68. The lowest BCUT2D eigenvalue weighted by Gasteiger charge is -1.90. The van der Waals surface area contributed by atoms with Crippen LogP contribution in [0.3, 0.4) is 0 Å². The van der Waals surface area contributed by atoms with E-state index in [1.807, 2.05) is 0 Å². The Morgan fingerprint density at radius 3 is 3.30 bits per heavy atom. The molecule has 2 nitrogen and oxygen atoms in total. The second-order valence-electron chi connectivity index (χ2n) is 1.96. The average molecular weight is 135 g/mol. The van der Waals surface area contributed by atoms with Crippen molar-refractivity contribution in [1.29, 1.82) is 0 Å². The minimum absolute atomic E-state index is 0.316. The average Bonchev–Trinajstić information content (AvgIpc) is 2.36. The Balaban J connectivity index is 2.95. The zero-order chi connectivity index (χ0) is 6.97. The molecule has 10 heavy (non-hydrogen) atoms. The molecule has 0 bridgehead atoms. The van der Waals surface area contributed by atoms with Gasteiger partial charge in [-0.1, -0.05) is 0 Å². The number of hydrogen-bond donors (Lipinski definition) is 0. The van der Waals surface area contributed by atoms with Gasteiger partial charge in [0.05, 0.1) is 0 Å². The van der Waals surface area contributed by atoms with Crippen LogP contribution in [0.25, 0.3) is 5.65 Å². The summed E-state index contributed by atoms with van der Waals surface area (Å²) in [6.45, 7) is 0. The number of aromatic nitrogens is 2. The molecule has 2 rings (SSSR count). The Morgan fingerprint density at radius 1 is 1.60 bits per heavy atom. The van der Waals surface area contributed by atoms with Crippen molar-refractivity contribution >= 4 is 5.65 Å². The molecule has 0 saturated heterocycles. The fourth-order valence-electron chi connectivity index (χ4n) is 0.856. The second kappa shape index (κ2) is 1.80. The lowest BCUT2D eigenvalue weighted by molar-refractivity contribution is 0.630. The Kier molecular flexibility index (Phi) is 0.974. The minimum Gasteiger partial charge on any atom is -0.304 e. The van der Waals surface area contributed by atoms with Crippen LogP contribution < -0.4 is 0 Å². The van der Waals surface area contributed by atoms with Crippen molar-refractivity contribution in [3.63, 3.8) is 0 Å². The van der Waals surface area contributed by atoms with Crippen molar-refractivity contribution in [3.8, 4) is 0 Å². The number of rotatable bonds is 0. The number of halogens is 1. The normalized spacial score (nSPS) is 10.5. The van der Waals surface area contributed by atoms with E-state index in [0.29, 0.717) is 5.65 Å². The van der Waals surface area contributed by atoms with E-state index < -0.39 is 0 Å². The zero-order valence-electron chi connectivity index (χ0n) is 5.08. The maximum atomic E-state index is 12.7. The summed E-state index contributed by atoms with van der Waals surface area (Å²) in [5.41, 5.74) is 0.322. The smallest absolute Gasteiger partial charge is 0.173 e. The van der Waals surface area contributed by atoms with Crippen LogP contribution in [0, 0.1) is 12.0 Å². The maximum Gasteiger partial charge on any atom is 0.173 e. The number of imidazole rings is 1. The molecule has 0 aromatic carbocycles. The van der Waals surface area contributed by atoms with Gasteiger partial charge in [0.25, 0.3) is 0 Å². The summed E-state index contributed by atoms with van der Waals surface area (Å²) >= 11 is 0. The van der Waals surface area contributed by atoms with Crippen LogP contribution in [0.2, 0.25) is 0 Å². The Bertz CT molecular complexity index is 353. The van der Waals surface area contributed by atoms with Gasteiger partial charge in [0.1, 0.15) is 6.20 Å². The molecule has 2 aromatic rings. The monoisotopic (exact) mass is 135 g/mol. The number of fused-ring (bicyclic) bond motifs is 1. The SMILES string of the molecule is Fc1cccn2c[c]nc12. The van der Waals surface area contributed by atoms with Crippen LogP contribution in [0.5, 0.6) is 0 Å². The maximum absolute atomic E-state index is 12.7. The molecule has 0 aliphatic rings. The van der Waals surface area contributed by atoms with Crippen molar-refractivity contribution in [2.45, 2.75) is 0 Å². The molecular formula is C7H4FN2. The molecule has 0 amide bonds. The first-order chi connectivity index (χ1) is 4.88. The second-order valence-corrected chi connectivity index (χ2v) is 1.96. The van der Waals surface area contributed by atoms with Gasteiger partial charge in [-0.2, -0.15) is 0 Å². The van der Waals surface area contributed by atoms with E-state index in [4.69, 9.17) is 0 Å². The van der Waals surface area contributed by atoms with Gasteiger partial charge in [-0.05, 0) is 12.1 Å². The first kappa shape index (κ1) is 5.41. The van der Waals surface area contributed by atoms with Gasteiger partial charge in [0.15, 0.2) is 11.5 Å². The molecule has 0 saturated carbocycles. The van der Waals surface area contributed by atoms with Crippen molar-refractivity contribution in [2.75, 3.05) is 0 Å². The van der Waals surface area contributed by atoms with Crippen LogP contribution >= 0.6 is 0 Å². The van der Waals surface area contributed by atoms with Gasteiger partial charge < -0.3 is 4.40 Å². The zero-order valence-corrected chi connectivity index (χ0v) is 5.08. The molecule has 0 aliphatic heterocycles. The van der Waals surface area contributed by atoms with Crippen LogP contribution in [0.4, 0.5) is 4.39 Å². The molecule has 0 aliphatic carbocycles. The third kappa shape index (κ3) is 0.603. The first-order valence-electron chi connectivity index (χ1n) is 2.87. The van der Waals surface area contributed by atoms with Gasteiger partial charge in [-0.15, -0.1) is 0 Å². The lowest BCUT2D eigenvalue weighted by atomic mass is 10.4. The summed E-state index contributed by atoms with van der Waals surface area (Å²) in [6, 6.07) is 2.99. The standard InChI is InChI=1S/C7H4FN2/c8-6-2-1-4-10-5-3-9-7(6)10/h1-2,4-5H. The van der Waals surface area contributed by atoms with Crippen LogP contribution in [-0.2, 0) is 0 Å². The molecule has 1 radical (unpaired) electrons. The number of hydrogen-bond acceptors (Lipinski definition) is 1. The summed E-state index contributed by atoms with van der Waals surface area (Å²) in [7, 11) is 0. The molecule has 49 valence electrons. The molecule has 0 fully saturated rings. The molecule has 0 N–H and O–H groups in total. The largest absolute Gasteiger partial charge is 0.304 e. The van der Waals surface area contributed by atoms with Gasteiger partial charge in [-0.3, -0.25) is 0 Å². The molecule has 0 spiro atoms. The van der Waals surface area contributed by atoms with Gasteiger partial charge in [-0.25, -0.2) is 9.37 Å². The van der Waals surface area contributed by atoms with E-state index in [0.717, 1.165) is 0 Å². The van der Waals surface area contributed by atoms with Crippen molar-refractivity contribution in [1.82, 2.24) is 9.38 Å². The van der Waals surface area contributed by atoms with Crippen LogP contribution in [0.15, 0.2) is 24.5 Å². The summed E-state index contributed by atoms with van der Waals surface area (Å²) < 4.78 is 14.3. The molecule has 0 unspecified atom stereocenters. The van der Waals surface area contributed by atoms with E-state index in [1.54, 1.807) is 22.9 Å². The van der Waals surface area contributed by atoms with E-state index in [-0.39, 0.29) is 5.82 Å². The highest BCUT2D eigenvalue weighted by Crippen LogP contribution is 2.04. The van der Waals surface area contributed by atoms with Crippen molar-refractivity contribution in [2.24, 2.45) is 0 Å². The molecular weight excluding hydrogens is 131 g/mol. The summed E-state index contributed by atoms with van der Waals surface area (Å²) in [5, 5.41) is 0. The highest BCUT2D eigenvalue weighted by atomic mass is 19.1. The number of pyridine rings is 1. The minimum atomic E-state index is -0.316. The third-order valence-electron chi connectivity index (χ3n) is 1.31. The fourth-order valence-corrected chi connectivity index (χ4v) is 0.856. The van der Waals surface area contributed by atoms with Crippen LogP contribution in [-0.4, -0.2) is 9.38 Å². The van der Waals surface area contributed by atoms with Crippen molar-refractivity contribution < 1.29 is 4.39 Å². The Morgan fingerprint density at radius 2 is 2.50 bits per heavy atom. The van der Waals surface area contributed by atoms with E-state index in [1.165, 1.54) is 6.07 Å². The molecule has 3 heteroatoms. The highest BCUT2D eigenvalue weighted by molar-refractivity contribution is 5.38. The Hall–Kier alpha value is -1.38. The van der Waals surface area contributed by atoms with Crippen molar-refractivity contribution in [3.05, 3.63) is 36.5 Å². The predicted molar refractivity (Wildman–Crippen MR) is 34.0 cm³/mol. The van der Waals surface area contributed by atoms with Gasteiger partial charge in [0, 0.05) is 12.4 Å². The number of nitrogens with zero attached hydrogens (tertiary/aromatic N) is 2. The highest BCUT2D eigenvalue weighted by Gasteiger charge is 1.97. The topological polar surface area (TPSA) is 17.3 Å². The summed E-state index contributed by atoms with van der Waals surface area (Å²) in [5.74, 6) is -0.316. The molecule has 2 heterocycles. The lowest BCUT2D eigenvalue weighted by Crippen LogP contribution is -1.84. The summed E-state index contributed by atoms with van der Waals surface area (Å²) in [6.07, 6.45) is 5.86. The van der Waals surface area contributed by atoms with E-state index in [9.17, 15) is 4.39 Å². The quantitative estimate of drug-likeness (QED) is 0.531. The third-order valence-corrected chi connectivity index (χ3v) is 1.31. The predicted octanol–water partition coefficient (Wildman–Crippen LogP) is 1.27. The molecule has 2 aromatic heterocycles. The van der Waals surface area contributed by atoms with E-state index >= 15 is 0 Å². The van der Waals surface area contributed by atoms with Gasteiger partial charge in [0.2, 0.25) is 0 Å². The van der Waals surface area contributed by atoms with Gasteiger partial charge >= 0.3 is 0 Å². The fraction of sp³-hybridized carbons (Fsp3) is 0. The van der Waals surface area contributed by atoms with E-state index in [2.05, 4.69) is 11.2 Å². The first-order valence-corrected chi connectivity index (χ1v) is 2.87. The Labute approximate surface area is 56.9 Å². The van der Waals surface area contributed by atoms with Crippen LogP contribution in [0.1, 0.15) is 0 Å².